The summed E-state index contributed by atoms with van der Waals surface area (Å²) >= 11 is 0. The van der Waals surface area contributed by atoms with E-state index in [4.69, 9.17) is 5.11 Å². The van der Waals surface area contributed by atoms with E-state index < -0.39 is 24.1 Å². The van der Waals surface area contributed by atoms with E-state index in [9.17, 15) is 14.7 Å². The predicted octanol–water partition coefficient (Wildman–Crippen LogP) is 1.31. The SMILES string of the molecule is CC(O)(CNC(=O)Nc1ccc(C2CCC2)cn1)C(=O)O. The number of aliphatic carboxylic acids is 1. The lowest BCUT2D eigenvalue weighted by atomic mass is 9.81. The van der Waals surface area contributed by atoms with Crippen molar-refractivity contribution < 1.29 is 19.8 Å². The van der Waals surface area contributed by atoms with Crippen LogP contribution in [0, 0.1) is 0 Å². The van der Waals surface area contributed by atoms with Crippen molar-refractivity contribution in [3.8, 4) is 0 Å². The third kappa shape index (κ3) is 3.91. The number of hydrogen-bond donors (Lipinski definition) is 4. The Morgan fingerprint density at radius 2 is 2.14 bits per heavy atom. The number of rotatable bonds is 5. The Morgan fingerprint density at radius 3 is 2.62 bits per heavy atom. The molecule has 1 aliphatic carbocycles. The molecule has 0 radical (unpaired) electrons. The predicted molar refractivity (Wildman–Crippen MR) is 76.1 cm³/mol. The molecule has 4 N–H and O–H groups in total. The molecular weight excluding hydrogens is 274 g/mol. The molecule has 2 amide bonds. The molecule has 7 nitrogen and oxygen atoms in total. The Morgan fingerprint density at radius 1 is 1.43 bits per heavy atom. The van der Waals surface area contributed by atoms with Crippen LogP contribution >= 0.6 is 0 Å². The van der Waals surface area contributed by atoms with Gasteiger partial charge in [0.2, 0.25) is 0 Å². The number of hydrogen-bond acceptors (Lipinski definition) is 4. The molecular formula is C14H19N3O4. The first-order valence-corrected chi connectivity index (χ1v) is 6.85. The normalized spacial score (nSPS) is 17.4. The lowest BCUT2D eigenvalue weighted by molar-refractivity contribution is -0.155. The molecule has 1 aliphatic rings. The van der Waals surface area contributed by atoms with Gasteiger partial charge in [-0.05, 0) is 37.3 Å². The number of carboxylic acids is 1. The van der Waals surface area contributed by atoms with Gasteiger partial charge in [-0.25, -0.2) is 14.6 Å². The molecule has 21 heavy (non-hydrogen) atoms. The molecule has 1 saturated carbocycles. The molecule has 0 spiro atoms. The van der Waals surface area contributed by atoms with Crippen LogP contribution in [-0.2, 0) is 4.79 Å². The first-order valence-electron chi connectivity index (χ1n) is 6.85. The molecule has 7 heteroatoms. The van der Waals surface area contributed by atoms with E-state index in [1.807, 2.05) is 6.07 Å². The fraction of sp³-hybridized carbons (Fsp3) is 0.500. The van der Waals surface area contributed by atoms with Gasteiger partial charge in [-0.15, -0.1) is 0 Å². The zero-order valence-corrected chi connectivity index (χ0v) is 11.8. The van der Waals surface area contributed by atoms with E-state index in [0.29, 0.717) is 11.7 Å². The third-order valence-corrected chi connectivity index (χ3v) is 3.66. The number of carboxylic acid groups (broad SMARTS) is 1. The first kappa shape index (κ1) is 15.2. The van der Waals surface area contributed by atoms with Crippen molar-refractivity contribution in [3.63, 3.8) is 0 Å². The van der Waals surface area contributed by atoms with Gasteiger partial charge in [0.25, 0.3) is 0 Å². The summed E-state index contributed by atoms with van der Waals surface area (Å²) in [5.41, 5.74) is -0.834. The zero-order chi connectivity index (χ0) is 15.5. The number of aliphatic hydroxyl groups is 1. The van der Waals surface area contributed by atoms with Gasteiger partial charge < -0.3 is 15.5 Å². The molecule has 2 rings (SSSR count). The summed E-state index contributed by atoms with van der Waals surface area (Å²) in [4.78, 5) is 26.4. The monoisotopic (exact) mass is 293 g/mol. The minimum atomic E-state index is -2.00. The van der Waals surface area contributed by atoms with Crippen molar-refractivity contribution >= 4 is 17.8 Å². The van der Waals surface area contributed by atoms with E-state index >= 15 is 0 Å². The fourth-order valence-corrected chi connectivity index (χ4v) is 1.95. The first-order chi connectivity index (χ1) is 9.88. The molecule has 0 bridgehead atoms. The molecule has 0 aromatic carbocycles. The third-order valence-electron chi connectivity index (χ3n) is 3.66. The van der Waals surface area contributed by atoms with Crippen LogP contribution in [0.25, 0.3) is 0 Å². The topological polar surface area (TPSA) is 112 Å². The lowest BCUT2D eigenvalue weighted by Crippen LogP contribution is -2.47. The van der Waals surface area contributed by atoms with Crippen LogP contribution < -0.4 is 10.6 Å². The highest BCUT2D eigenvalue weighted by atomic mass is 16.4. The van der Waals surface area contributed by atoms with E-state index in [1.165, 1.54) is 24.8 Å². The molecule has 1 atom stereocenters. The second-order valence-electron chi connectivity index (χ2n) is 5.49. The average Bonchev–Trinajstić information content (AvgIpc) is 2.37. The van der Waals surface area contributed by atoms with Gasteiger partial charge in [0.15, 0.2) is 5.60 Å². The second-order valence-corrected chi connectivity index (χ2v) is 5.49. The van der Waals surface area contributed by atoms with Gasteiger partial charge in [0.1, 0.15) is 5.82 Å². The van der Waals surface area contributed by atoms with Crippen LogP contribution in [0.3, 0.4) is 0 Å². The summed E-state index contributed by atoms with van der Waals surface area (Å²) < 4.78 is 0. The summed E-state index contributed by atoms with van der Waals surface area (Å²) in [5.74, 6) is -0.442. The summed E-state index contributed by atoms with van der Waals surface area (Å²) in [5, 5.41) is 23.0. The van der Waals surface area contributed by atoms with Crippen molar-refractivity contribution in [2.75, 3.05) is 11.9 Å². The van der Waals surface area contributed by atoms with Gasteiger partial charge in [-0.2, -0.15) is 0 Å². The molecule has 0 aliphatic heterocycles. The Bertz CT molecular complexity index is 524. The minimum absolute atomic E-state index is 0.380. The van der Waals surface area contributed by atoms with Crippen LogP contribution in [0.2, 0.25) is 0 Å². The van der Waals surface area contributed by atoms with Gasteiger partial charge in [0.05, 0.1) is 6.54 Å². The van der Waals surface area contributed by atoms with E-state index in [2.05, 4.69) is 15.6 Å². The Balaban J connectivity index is 1.83. The number of urea groups is 1. The van der Waals surface area contributed by atoms with Crippen LogP contribution in [0.1, 0.15) is 37.7 Å². The number of nitrogens with one attached hydrogen (secondary N) is 2. The van der Waals surface area contributed by atoms with E-state index in [-0.39, 0.29) is 0 Å². The maximum Gasteiger partial charge on any atom is 0.337 e. The van der Waals surface area contributed by atoms with Gasteiger partial charge in [-0.1, -0.05) is 12.5 Å². The van der Waals surface area contributed by atoms with Gasteiger partial charge >= 0.3 is 12.0 Å². The number of carbonyl (C=O) groups is 2. The van der Waals surface area contributed by atoms with Crippen molar-refractivity contribution in [2.45, 2.75) is 37.7 Å². The van der Waals surface area contributed by atoms with Crippen molar-refractivity contribution in [1.82, 2.24) is 10.3 Å². The van der Waals surface area contributed by atoms with E-state index in [1.54, 1.807) is 12.3 Å². The Kier molecular flexibility index (Phi) is 4.42. The number of anilines is 1. The molecule has 1 heterocycles. The standard InChI is InChI=1S/C14H19N3O4/c1-14(21,12(18)19)8-16-13(20)17-11-6-5-10(7-15-11)9-3-2-4-9/h5-7,9,21H,2-4,8H2,1H3,(H,18,19)(H2,15,16,17,20). The average molecular weight is 293 g/mol. The largest absolute Gasteiger partial charge is 0.479 e. The summed E-state index contributed by atoms with van der Waals surface area (Å²) in [7, 11) is 0. The maximum atomic E-state index is 11.6. The highest BCUT2D eigenvalue weighted by Crippen LogP contribution is 2.35. The smallest absolute Gasteiger partial charge is 0.337 e. The second kappa shape index (κ2) is 6.09. The quantitative estimate of drug-likeness (QED) is 0.654. The van der Waals surface area contributed by atoms with Crippen LogP contribution in [0.15, 0.2) is 18.3 Å². The summed E-state index contributed by atoms with van der Waals surface area (Å²) in [6, 6.07) is 3.03. The number of aromatic nitrogens is 1. The molecule has 1 aromatic rings. The Labute approximate surface area is 122 Å². The zero-order valence-electron chi connectivity index (χ0n) is 11.8. The van der Waals surface area contributed by atoms with Crippen LogP contribution in [-0.4, -0.2) is 39.3 Å². The number of carbonyl (C=O) groups excluding carboxylic acids is 1. The van der Waals surface area contributed by atoms with Crippen molar-refractivity contribution in [1.29, 1.82) is 0 Å². The van der Waals surface area contributed by atoms with Crippen LogP contribution in [0.4, 0.5) is 10.6 Å². The van der Waals surface area contributed by atoms with Crippen molar-refractivity contribution in [3.05, 3.63) is 23.9 Å². The number of pyridine rings is 1. The molecule has 1 unspecified atom stereocenters. The molecule has 1 aromatic heterocycles. The highest BCUT2D eigenvalue weighted by molar-refractivity contribution is 5.89. The Hall–Kier alpha value is -2.15. The van der Waals surface area contributed by atoms with Gasteiger partial charge in [-0.3, -0.25) is 5.32 Å². The fourth-order valence-electron chi connectivity index (χ4n) is 1.95. The number of nitrogens with zero attached hydrogens (tertiary/aromatic N) is 1. The lowest BCUT2D eigenvalue weighted by Gasteiger charge is -2.25. The summed E-state index contributed by atoms with van der Waals surface area (Å²) in [6.45, 7) is 0.718. The molecule has 114 valence electrons. The minimum Gasteiger partial charge on any atom is -0.479 e. The van der Waals surface area contributed by atoms with Gasteiger partial charge in [0, 0.05) is 6.20 Å². The van der Waals surface area contributed by atoms with Crippen LogP contribution in [0.5, 0.6) is 0 Å². The number of amides is 2. The molecule has 1 fully saturated rings. The maximum absolute atomic E-state index is 11.6. The molecule has 0 saturated heterocycles. The van der Waals surface area contributed by atoms with Crippen molar-refractivity contribution in [2.24, 2.45) is 0 Å². The summed E-state index contributed by atoms with van der Waals surface area (Å²) in [6.07, 6.45) is 5.35. The highest BCUT2D eigenvalue weighted by Gasteiger charge is 2.30. The van der Waals surface area contributed by atoms with E-state index in [0.717, 1.165) is 6.92 Å².